The summed E-state index contributed by atoms with van der Waals surface area (Å²) in [5, 5.41) is 5.00. The molecular formula is C20H18N4O2S. The molecule has 0 amide bonds. The van der Waals surface area contributed by atoms with E-state index in [0.29, 0.717) is 17.5 Å². The van der Waals surface area contributed by atoms with Crippen molar-refractivity contribution in [1.29, 1.82) is 0 Å². The highest BCUT2D eigenvalue weighted by Crippen LogP contribution is 2.24. The molecule has 0 aliphatic heterocycles. The van der Waals surface area contributed by atoms with Gasteiger partial charge in [0, 0.05) is 24.5 Å². The van der Waals surface area contributed by atoms with Crippen LogP contribution in [0.4, 0.5) is 0 Å². The highest BCUT2D eigenvalue weighted by molar-refractivity contribution is 7.98. The van der Waals surface area contributed by atoms with Gasteiger partial charge in [0.25, 0.3) is 5.89 Å². The molecule has 2 heterocycles. The molecule has 0 atom stereocenters. The van der Waals surface area contributed by atoms with Gasteiger partial charge in [0.1, 0.15) is 5.75 Å². The van der Waals surface area contributed by atoms with Crippen LogP contribution in [0.15, 0.2) is 76.7 Å². The van der Waals surface area contributed by atoms with Crippen LogP contribution in [0.25, 0.3) is 11.5 Å². The monoisotopic (exact) mass is 378 g/mol. The summed E-state index contributed by atoms with van der Waals surface area (Å²) in [4.78, 5) is 8.91. The molecule has 27 heavy (non-hydrogen) atoms. The summed E-state index contributed by atoms with van der Waals surface area (Å²) >= 11 is 1.59. The smallest absolute Gasteiger partial charge is 0.257 e. The highest BCUT2D eigenvalue weighted by Gasteiger charge is 2.11. The molecule has 6 nitrogen and oxygen atoms in total. The normalized spacial score (nSPS) is 10.9. The zero-order valence-corrected chi connectivity index (χ0v) is 15.6. The number of rotatable bonds is 7. The summed E-state index contributed by atoms with van der Waals surface area (Å²) in [6, 6.07) is 17.8. The number of hydrogen-bond donors (Lipinski definition) is 0. The standard InChI is InChI=1S/C20H18N4O2S/c1-25-17-9-7-16(8-10-17)19-22-18(23-26-19)14-27-20-21-11-12-24(20)13-15-5-3-2-4-6-15/h2-12H,13-14H2,1H3. The minimum atomic E-state index is 0.501. The maximum absolute atomic E-state index is 5.38. The van der Waals surface area contributed by atoms with Gasteiger partial charge in [0.15, 0.2) is 11.0 Å². The van der Waals surface area contributed by atoms with E-state index in [9.17, 15) is 0 Å². The van der Waals surface area contributed by atoms with E-state index in [4.69, 9.17) is 9.26 Å². The second kappa shape index (κ2) is 8.09. The topological polar surface area (TPSA) is 66.0 Å². The molecule has 4 rings (SSSR count). The molecule has 2 aromatic heterocycles. The largest absolute Gasteiger partial charge is 0.497 e. The average Bonchev–Trinajstić information content (AvgIpc) is 3.37. The molecule has 0 aliphatic rings. The summed E-state index contributed by atoms with van der Waals surface area (Å²) in [5.41, 5.74) is 2.10. The molecule has 0 unspecified atom stereocenters. The summed E-state index contributed by atoms with van der Waals surface area (Å²) in [5.74, 6) is 2.52. The first-order chi connectivity index (χ1) is 13.3. The molecule has 0 aliphatic carbocycles. The van der Waals surface area contributed by atoms with Crippen LogP contribution in [-0.2, 0) is 12.3 Å². The number of imidazole rings is 1. The number of nitrogens with zero attached hydrogens (tertiary/aromatic N) is 4. The van der Waals surface area contributed by atoms with E-state index in [0.717, 1.165) is 23.0 Å². The third-order valence-corrected chi connectivity index (χ3v) is 5.01. The second-order valence-corrected chi connectivity index (χ2v) is 6.80. The Morgan fingerprint density at radius 1 is 1.07 bits per heavy atom. The van der Waals surface area contributed by atoms with Crippen molar-refractivity contribution in [3.63, 3.8) is 0 Å². The Kier molecular flexibility index (Phi) is 5.20. The minimum Gasteiger partial charge on any atom is -0.497 e. The zero-order chi connectivity index (χ0) is 18.5. The first-order valence-corrected chi connectivity index (χ1v) is 9.45. The van der Waals surface area contributed by atoms with Gasteiger partial charge in [-0.3, -0.25) is 0 Å². The summed E-state index contributed by atoms with van der Waals surface area (Å²) in [7, 11) is 1.64. The number of methoxy groups -OCH3 is 1. The molecule has 0 N–H and O–H groups in total. The lowest BCUT2D eigenvalue weighted by molar-refractivity contribution is 0.414. The van der Waals surface area contributed by atoms with Crippen molar-refractivity contribution >= 4 is 11.8 Å². The molecule has 0 radical (unpaired) electrons. The fourth-order valence-electron chi connectivity index (χ4n) is 2.63. The number of benzene rings is 2. The summed E-state index contributed by atoms with van der Waals surface area (Å²) in [6.07, 6.45) is 3.79. The van der Waals surface area contributed by atoms with Crippen molar-refractivity contribution in [2.45, 2.75) is 17.5 Å². The van der Waals surface area contributed by atoms with E-state index >= 15 is 0 Å². The molecule has 2 aromatic carbocycles. The molecule has 0 saturated carbocycles. The van der Waals surface area contributed by atoms with Gasteiger partial charge in [0.2, 0.25) is 0 Å². The van der Waals surface area contributed by atoms with Gasteiger partial charge in [-0.2, -0.15) is 4.98 Å². The van der Waals surface area contributed by atoms with Gasteiger partial charge < -0.3 is 13.8 Å². The van der Waals surface area contributed by atoms with Gasteiger partial charge in [-0.05, 0) is 29.8 Å². The SMILES string of the molecule is COc1ccc(-c2nc(CSc3nccn3Cc3ccccc3)no2)cc1. The maximum Gasteiger partial charge on any atom is 0.257 e. The third-order valence-electron chi connectivity index (χ3n) is 4.01. The molecule has 4 aromatic rings. The van der Waals surface area contributed by atoms with Crippen molar-refractivity contribution in [2.75, 3.05) is 7.11 Å². The van der Waals surface area contributed by atoms with Crippen molar-refractivity contribution in [1.82, 2.24) is 19.7 Å². The van der Waals surface area contributed by atoms with Crippen LogP contribution in [0.3, 0.4) is 0 Å². The van der Waals surface area contributed by atoms with Gasteiger partial charge in [-0.15, -0.1) is 0 Å². The van der Waals surface area contributed by atoms with E-state index < -0.39 is 0 Å². The lowest BCUT2D eigenvalue weighted by Crippen LogP contribution is -2.00. The van der Waals surface area contributed by atoms with Crippen molar-refractivity contribution in [3.05, 3.63) is 78.4 Å². The van der Waals surface area contributed by atoms with Crippen LogP contribution >= 0.6 is 11.8 Å². The molecule has 7 heteroatoms. The van der Waals surface area contributed by atoms with Crippen LogP contribution in [0.2, 0.25) is 0 Å². The van der Waals surface area contributed by atoms with E-state index in [-0.39, 0.29) is 0 Å². The minimum absolute atomic E-state index is 0.501. The predicted octanol–water partition coefficient (Wildman–Crippen LogP) is 4.28. The average molecular weight is 378 g/mol. The van der Waals surface area contributed by atoms with Crippen LogP contribution in [0, 0.1) is 0 Å². The molecule has 136 valence electrons. The quantitative estimate of drug-likeness (QED) is 0.447. The lowest BCUT2D eigenvalue weighted by atomic mass is 10.2. The lowest BCUT2D eigenvalue weighted by Gasteiger charge is -2.06. The van der Waals surface area contributed by atoms with Crippen LogP contribution in [-0.4, -0.2) is 26.8 Å². The highest BCUT2D eigenvalue weighted by atomic mass is 32.2. The van der Waals surface area contributed by atoms with E-state index in [1.807, 2.05) is 54.9 Å². The first-order valence-electron chi connectivity index (χ1n) is 8.47. The van der Waals surface area contributed by atoms with Crippen LogP contribution in [0.5, 0.6) is 5.75 Å². The van der Waals surface area contributed by atoms with E-state index in [1.54, 1.807) is 18.9 Å². The van der Waals surface area contributed by atoms with Crippen LogP contribution < -0.4 is 4.74 Å². The predicted molar refractivity (Wildman–Crippen MR) is 104 cm³/mol. The molecule has 0 bridgehead atoms. The Balaban J connectivity index is 1.41. The van der Waals surface area contributed by atoms with Gasteiger partial charge >= 0.3 is 0 Å². The molecule has 0 spiro atoms. The Morgan fingerprint density at radius 3 is 2.67 bits per heavy atom. The Bertz CT molecular complexity index is 996. The Morgan fingerprint density at radius 2 is 1.89 bits per heavy atom. The fourth-order valence-corrected chi connectivity index (χ4v) is 3.43. The van der Waals surface area contributed by atoms with Gasteiger partial charge in [-0.25, -0.2) is 4.98 Å². The van der Waals surface area contributed by atoms with Gasteiger partial charge in [-0.1, -0.05) is 47.3 Å². The first kappa shape index (κ1) is 17.4. The van der Waals surface area contributed by atoms with Crippen molar-refractivity contribution in [2.24, 2.45) is 0 Å². The van der Waals surface area contributed by atoms with Crippen molar-refractivity contribution in [3.8, 4) is 17.2 Å². The summed E-state index contributed by atoms with van der Waals surface area (Å²) in [6.45, 7) is 0.784. The fraction of sp³-hybridized carbons (Fsp3) is 0.150. The number of thioether (sulfide) groups is 1. The second-order valence-electron chi connectivity index (χ2n) is 5.86. The zero-order valence-electron chi connectivity index (χ0n) is 14.8. The molecule has 0 fully saturated rings. The summed E-state index contributed by atoms with van der Waals surface area (Å²) < 4.78 is 12.7. The maximum atomic E-state index is 5.38. The Labute approximate surface area is 161 Å². The number of hydrogen-bond acceptors (Lipinski definition) is 6. The van der Waals surface area contributed by atoms with Crippen molar-refractivity contribution < 1.29 is 9.26 Å². The number of aromatic nitrogens is 4. The van der Waals surface area contributed by atoms with Crippen LogP contribution in [0.1, 0.15) is 11.4 Å². The number of ether oxygens (including phenoxy) is 1. The van der Waals surface area contributed by atoms with E-state index in [1.165, 1.54) is 5.56 Å². The molecule has 0 saturated heterocycles. The Hall–Kier alpha value is -3.06. The third kappa shape index (κ3) is 4.20. The van der Waals surface area contributed by atoms with E-state index in [2.05, 4.69) is 31.8 Å². The molecular weight excluding hydrogens is 360 g/mol. The van der Waals surface area contributed by atoms with Gasteiger partial charge in [0.05, 0.1) is 12.9 Å².